The Morgan fingerprint density at radius 1 is 1.50 bits per heavy atom. The number of ether oxygens (including phenoxy) is 2. The molecule has 2 N–H and O–H groups in total. The molecule has 0 aromatic carbocycles. The maximum atomic E-state index is 10.8. The third-order valence-corrected chi connectivity index (χ3v) is 1.51. The van der Waals surface area contributed by atoms with Gasteiger partial charge in [-0.25, -0.2) is 4.98 Å². The molecule has 0 aliphatic rings. The third-order valence-electron chi connectivity index (χ3n) is 1.51. The normalized spacial score (nSPS) is 9.79. The van der Waals surface area contributed by atoms with E-state index in [-0.39, 0.29) is 5.69 Å². The zero-order valence-corrected chi connectivity index (χ0v) is 7.90. The lowest BCUT2D eigenvalue weighted by atomic mass is 10.3. The van der Waals surface area contributed by atoms with Gasteiger partial charge in [-0.2, -0.15) is 0 Å². The molecule has 1 rings (SSSR count). The number of aromatic nitrogens is 1. The number of nitrogens with zero attached hydrogens (tertiary/aromatic N) is 1. The van der Waals surface area contributed by atoms with Gasteiger partial charge in [0, 0.05) is 13.2 Å². The van der Waals surface area contributed by atoms with Crippen LogP contribution in [0.25, 0.3) is 0 Å². The molecule has 0 unspecified atom stereocenters. The van der Waals surface area contributed by atoms with Crippen LogP contribution in [0, 0.1) is 0 Å². The number of primary amides is 1. The molecular formula is C9H12N2O3. The van der Waals surface area contributed by atoms with Crippen molar-refractivity contribution in [2.45, 2.75) is 0 Å². The number of rotatable bonds is 5. The molecule has 0 fully saturated rings. The predicted molar refractivity (Wildman–Crippen MR) is 50.1 cm³/mol. The van der Waals surface area contributed by atoms with Crippen molar-refractivity contribution in [3.8, 4) is 5.88 Å². The first-order chi connectivity index (χ1) is 6.74. The van der Waals surface area contributed by atoms with Gasteiger partial charge in [-0.05, 0) is 6.07 Å². The summed E-state index contributed by atoms with van der Waals surface area (Å²) in [7, 11) is 1.58. The Morgan fingerprint density at radius 2 is 2.29 bits per heavy atom. The van der Waals surface area contributed by atoms with Crippen LogP contribution in [0.15, 0.2) is 18.2 Å². The number of nitrogens with two attached hydrogens (primary N) is 1. The summed E-state index contributed by atoms with van der Waals surface area (Å²) >= 11 is 0. The largest absolute Gasteiger partial charge is 0.475 e. The molecule has 0 aliphatic carbocycles. The summed E-state index contributed by atoms with van der Waals surface area (Å²) in [6.07, 6.45) is 0. The van der Waals surface area contributed by atoms with E-state index in [2.05, 4.69) is 4.98 Å². The SMILES string of the molecule is COCCOc1cccc(C(N)=O)n1. The molecule has 5 heteroatoms. The highest BCUT2D eigenvalue weighted by Crippen LogP contribution is 2.06. The summed E-state index contributed by atoms with van der Waals surface area (Å²) in [5.41, 5.74) is 5.25. The Hall–Kier alpha value is -1.62. The van der Waals surface area contributed by atoms with E-state index in [1.165, 1.54) is 6.07 Å². The van der Waals surface area contributed by atoms with Gasteiger partial charge in [-0.1, -0.05) is 6.07 Å². The maximum absolute atomic E-state index is 10.8. The van der Waals surface area contributed by atoms with Crippen LogP contribution in [0.5, 0.6) is 5.88 Å². The molecule has 0 radical (unpaired) electrons. The van der Waals surface area contributed by atoms with Gasteiger partial charge in [0.2, 0.25) is 5.88 Å². The van der Waals surface area contributed by atoms with Gasteiger partial charge in [-0.3, -0.25) is 4.79 Å². The fraction of sp³-hybridized carbons (Fsp3) is 0.333. The second-order valence-electron chi connectivity index (χ2n) is 2.57. The van der Waals surface area contributed by atoms with Crippen molar-refractivity contribution in [2.24, 2.45) is 5.73 Å². The Morgan fingerprint density at radius 3 is 2.93 bits per heavy atom. The van der Waals surface area contributed by atoms with Gasteiger partial charge < -0.3 is 15.2 Å². The molecule has 1 amide bonds. The molecule has 0 spiro atoms. The van der Waals surface area contributed by atoms with Crippen LogP contribution in [0.3, 0.4) is 0 Å². The van der Waals surface area contributed by atoms with E-state index in [0.717, 1.165) is 0 Å². The van der Waals surface area contributed by atoms with Crippen molar-refractivity contribution in [1.29, 1.82) is 0 Å². The van der Waals surface area contributed by atoms with Crippen molar-refractivity contribution in [1.82, 2.24) is 4.98 Å². The van der Waals surface area contributed by atoms with Gasteiger partial charge in [0.15, 0.2) is 0 Å². The summed E-state index contributed by atoms with van der Waals surface area (Å²) in [4.78, 5) is 14.7. The second-order valence-corrected chi connectivity index (χ2v) is 2.57. The van der Waals surface area contributed by atoms with Crippen molar-refractivity contribution in [3.05, 3.63) is 23.9 Å². The first kappa shape index (κ1) is 10.5. The molecule has 1 aromatic rings. The van der Waals surface area contributed by atoms with Crippen LogP contribution >= 0.6 is 0 Å². The molecule has 0 saturated carbocycles. The molecule has 14 heavy (non-hydrogen) atoms. The van der Waals surface area contributed by atoms with E-state index in [0.29, 0.717) is 19.1 Å². The zero-order chi connectivity index (χ0) is 10.4. The highest BCUT2D eigenvalue weighted by molar-refractivity contribution is 5.90. The van der Waals surface area contributed by atoms with Crippen LogP contribution in [-0.4, -0.2) is 31.2 Å². The Labute approximate surface area is 81.8 Å². The van der Waals surface area contributed by atoms with E-state index in [1.807, 2.05) is 0 Å². The minimum Gasteiger partial charge on any atom is -0.475 e. The van der Waals surface area contributed by atoms with E-state index in [1.54, 1.807) is 19.2 Å². The van der Waals surface area contributed by atoms with Gasteiger partial charge >= 0.3 is 0 Å². The van der Waals surface area contributed by atoms with Crippen LogP contribution in [0.2, 0.25) is 0 Å². The standard InChI is InChI=1S/C9H12N2O3/c1-13-5-6-14-8-4-2-3-7(11-8)9(10)12/h2-4H,5-6H2,1H3,(H2,10,12). The van der Waals surface area contributed by atoms with Crippen LogP contribution in [-0.2, 0) is 4.74 Å². The van der Waals surface area contributed by atoms with E-state index >= 15 is 0 Å². The van der Waals surface area contributed by atoms with Crippen molar-refractivity contribution in [2.75, 3.05) is 20.3 Å². The number of carbonyl (C=O) groups is 1. The van der Waals surface area contributed by atoms with E-state index in [4.69, 9.17) is 15.2 Å². The second kappa shape index (κ2) is 5.18. The number of amides is 1. The van der Waals surface area contributed by atoms with E-state index in [9.17, 15) is 4.79 Å². The Bertz CT molecular complexity index is 315. The molecule has 76 valence electrons. The number of methoxy groups -OCH3 is 1. The third kappa shape index (κ3) is 3.02. The smallest absolute Gasteiger partial charge is 0.267 e. The fourth-order valence-corrected chi connectivity index (χ4v) is 0.862. The molecule has 1 heterocycles. The van der Waals surface area contributed by atoms with Gasteiger partial charge in [0.1, 0.15) is 12.3 Å². The average Bonchev–Trinajstić information content (AvgIpc) is 2.19. The van der Waals surface area contributed by atoms with Gasteiger partial charge in [0.05, 0.1) is 6.61 Å². The number of hydrogen-bond acceptors (Lipinski definition) is 4. The fourth-order valence-electron chi connectivity index (χ4n) is 0.862. The number of carbonyl (C=O) groups excluding carboxylic acids is 1. The zero-order valence-electron chi connectivity index (χ0n) is 7.90. The summed E-state index contributed by atoms with van der Waals surface area (Å²) in [5, 5.41) is 0. The van der Waals surface area contributed by atoms with Gasteiger partial charge in [0.25, 0.3) is 5.91 Å². The molecule has 5 nitrogen and oxygen atoms in total. The summed E-state index contributed by atoms with van der Waals surface area (Å²) in [6, 6.07) is 4.85. The minimum absolute atomic E-state index is 0.194. The van der Waals surface area contributed by atoms with Crippen molar-refractivity contribution in [3.63, 3.8) is 0 Å². The van der Waals surface area contributed by atoms with Gasteiger partial charge in [-0.15, -0.1) is 0 Å². The summed E-state index contributed by atoms with van der Waals surface area (Å²) in [5.74, 6) is -0.194. The highest BCUT2D eigenvalue weighted by atomic mass is 16.5. The Kier molecular flexibility index (Phi) is 3.87. The minimum atomic E-state index is -0.567. The average molecular weight is 196 g/mol. The monoisotopic (exact) mass is 196 g/mol. The number of pyridine rings is 1. The molecule has 0 atom stereocenters. The summed E-state index contributed by atoms with van der Waals surface area (Å²) in [6.45, 7) is 0.869. The van der Waals surface area contributed by atoms with E-state index < -0.39 is 5.91 Å². The van der Waals surface area contributed by atoms with Crippen LogP contribution < -0.4 is 10.5 Å². The highest BCUT2D eigenvalue weighted by Gasteiger charge is 2.03. The van der Waals surface area contributed by atoms with Crippen molar-refractivity contribution >= 4 is 5.91 Å². The molecule has 1 aromatic heterocycles. The molecule has 0 bridgehead atoms. The first-order valence-electron chi connectivity index (χ1n) is 4.12. The summed E-state index contributed by atoms with van der Waals surface area (Å²) < 4.78 is 9.99. The lowest BCUT2D eigenvalue weighted by Gasteiger charge is -2.04. The van der Waals surface area contributed by atoms with Crippen LogP contribution in [0.4, 0.5) is 0 Å². The topological polar surface area (TPSA) is 74.4 Å². The molecule has 0 saturated heterocycles. The molecule has 0 aliphatic heterocycles. The van der Waals surface area contributed by atoms with Crippen LogP contribution in [0.1, 0.15) is 10.5 Å². The lowest BCUT2D eigenvalue weighted by molar-refractivity contribution is 0.0993. The van der Waals surface area contributed by atoms with Crippen molar-refractivity contribution < 1.29 is 14.3 Å². The lowest BCUT2D eigenvalue weighted by Crippen LogP contribution is -2.14. The number of hydrogen-bond donors (Lipinski definition) is 1. The quantitative estimate of drug-likeness (QED) is 0.683. The maximum Gasteiger partial charge on any atom is 0.267 e. The first-order valence-corrected chi connectivity index (χ1v) is 4.12. The predicted octanol–water partition coefficient (Wildman–Crippen LogP) is 0.206. The molecular weight excluding hydrogens is 184 g/mol. The Balaban J connectivity index is 2.59.